The standard InChI is InChI=1S/C10H17N3.2ClH/c1-8(2)13-10(5-7-12-13)9-4-3-6-11-9;;/h5,7-9,11H,3-4,6H2,1-2H3;2*1H. The van der Waals surface area contributed by atoms with Gasteiger partial charge >= 0.3 is 0 Å². The van der Waals surface area contributed by atoms with Crippen LogP contribution in [0.25, 0.3) is 0 Å². The Balaban J connectivity index is 0.000000980. The van der Waals surface area contributed by atoms with Crippen LogP contribution in [0.15, 0.2) is 12.3 Å². The first kappa shape index (κ1) is 14.8. The topological polar surface area (TPSA) is 29.9 Å². The summed E-state index contributed by atoms with van der Waals surface area (Å²) in [7, 11) is 0. The van der Waals surface area contributed by atoms with Gasteiger partial charge in [-0.1, -0.05) is 0 Å². The van der Waals surface area contributed by atoms with Crippen molar-refractivity contribution in [3.8, 4) is 0 Å². The van der Waals surface area contributed by atoms with Crippen LogP contribution in [-0.4, -0.2) is 16.3 Å². The van der Waals surface area contributed by atoms with Crippen LogP contribution < -0.4 is 5.32 Å². The molecule has 2 heterocycles. The van der Waals surface area contributed by atoms with Gasteiger partial charge in [0.2, 0.25) is 0 Å². The molecule has 2 rings (SSSR count). The minimum atomic E-state index is 0. The van der Waals surface area contributed by atoms with Gasteiger partial charge in [0.15, 0.2) is 0 Å². The van der Waals surface area contributed by atoms with Gasteiger partial charge in [0, 0.05) is 18.3 Å². The predicted octanol–water partition coefficient (Wildman–Crippen LogP) is 2.73. The van der Waals surface area contributed by atoms with Gasteiger partial charge in [-0.25, -0.2) is 0 Å². The van der Waals surface area contributed by atoms with Crippen molar-refractivity contribution in [3.63, 3.8) is 0 Å². The van der Waals surface area contributed by atoms with Crippen LogP contribution in [0.4, 0.5) is 0 Å². The van der Waals surface area contributed by atoms with Crippen LogP contribution in [-0.2, 0) is 0 Å². The third kappa shape index (κ3) is 3.10. The quantitative estimate of drug-likeness (QED) is 0.877. The molecule has 15 heavy (non-hydrogen) atoms. The minimum absolute atomic E-state index is 0. The van der Waals surface area contributed by atoms with Gasteiger partial charge in [-0.05, 0) is 39.3 Å². The summed E-state index contributed by atoms with van der Waals surface area (Å²) >= 11 is 0. The molecule has 3 nitrogen and oxygen atoms in total. The van der Waals surface area contributed by atoms with Gasteiger partial charge in [0.25, 0.3) is 0 Å². The summed E-state index contributed by atoms with van der Waals surface area (Å²) in [6.07, 6.45) is 4.43. The van der Waals surface area contributed by atoms with E-state index in [0.717, 1.165) is 6.54 Å². The lowest BCUT2D eigenvalue weighted by Crippen LogP contribution is -2.18. The lowest BCUT2D eigenvalue weighted by molar-refractivity contribution is 0.472. The largest absolute Gasteiger partial charge is 0.309 e. The first-order valence-electron chi connectivity index (χ1n) is 5.06. The Morgan fingerprint density at radius 1 is 1.47 bits per heavy atom. The summed E-state index contributed by atoms with van der Waals surface area (Å²) in [5.41, 5.74) is 1.34. The first-order chi connectivity index (χ1) is 6.29. The van der Waals surface area contributed by atoms with E-state index in [-0.39, 0.29) is 24.8 Å². The van der Waals surface area contributed by atoms with Crippen molar-refractivity contribution in [1.29, 1.82) is 0 Å². The van der Waals surface area contributed by atoms with Crippen LogP contribution in [0.2, 0.25) is 0 Å². The SMILES string of the molecule is CC(C)n1nccc1C1CCCN1.Cl.Cl. The summed E-state index contributed by atoms with van der Waals surface area (Å²) in [6, 6.07) is 3.13. The molecule has 1 aromatic rings. The smallest absolute Gasteiger partial charge is 0.0556 e. The fourth-order valence-corrected chi connectivity index (χ4v) is 1.97. The van der Waals surface area contributed by atoms with Crippen molar-refractivity contribution in [1.82, 2.24) is 15.1 Å². The predicted molar refractivity (Wildman–Crippen MR) is 67.1 cm³/mol. The number of nitrogens with zero attached hydrogens (tertiary/aromatic N) is 2. The molecule has 88 valence electrons. The highest BCUT2D eigenvalue weighted by atomic mass is 35.5. The molecule has 5 heteroatoms. The molecule has 0 saturated carbocycles. The number of rotatable bonds is 2. The maximum atomic E-state index is 4.34. The van der Waals surface area contributed by atoms with Crippen molar-refractivity contribution in [3.05, 3.63) is 18.0 Å². The van der Waals surface area contributed by atoms with Gasteiger partial charge in [-0.2, -0.15) is 5.10 Å². The average Bonchev–Trinajstić information content (AvgIpc) is 2.74. The van der Waals surface area contributed by atoms with Crippen LogP contribution in [0, 0.1) is 0 Å². The van der Waals surface area contributed by atoms with Crippen LogP contribution >= 0.6 is 24.8 Å². The van der Waals surface area contributed by atoms with Crippen LogP contribution in [0.5, 0.6) is 0 Å². The highest BCUT2D eigenvalue weighted by Gasteiger charge is 2.20. The van der Waals surface area contributed by atoms with Crippen molar-refractivity contribution in [2.75, 3.05) is 6.54 Å². The van der Waals surface area contributed by atoms with E-state index in [9.17, 15) is 0 Å². The number of nitrogens with one attached hydrogen (secondary N) is 1. The van der Waals surface area contributed by atoms with E-state index < -0.39 is 0 Å². The molecule has 0 radical (unpaired) electrons. The maximum Gasteiger partial charge on any atom is 0.0556 e. The van der Waals surface area contributed by atoms with Crippen molar-refractivity contribution < 1.29 is 0 Å². The second-order valence-electron chi connectivity index (χ2n) is 3.94. The number of hydrogen-bond acceptors (Lipinski definition) is 2. The van der Waals surface area contributed by atoms with Gasteiger partial charge in [-0.15, -0.1) is 24.8 Å². The molecule has 1 aromatic heterocycles. The van der Waals surface area contributed by atoms with E-state index >= 15 is 0 Å². The Morgan fingerprint density at radius 3 is 2.73 bits per heavy atom. The number of halogens is 2. The molecule has 1 atom stereocenters. The molecule has 0 aromatic carbocycles. The van der Waals surface area contributed by atoms with E-state index in [4.69, 9.17) is 0 Å². The zero-order valence-electron chi connectivity index (χ0n) is 9.14. The molecular weight excluding hydrogens is 233 g/mol. The molecule has 1 aliphatic rings. The Morgan fingerprint density at radius 2 is 2.20 bits per heavy atom. The Labute approximate surface area is 103 Å². The Kier molecular flexibility index (Phi) is 6.25. The van der Waals surface area contributed by atoms with Crippen LogP contribution in [0.1, 0.15) is 44.5 Å². The van der Waals surface area contributed by atoms with Gasteiger partial charge < -0.3 is 5.32 Å². The fraction of sp³-hybridized carbons (Fsp3) is 0.700. The molecule has 0 spiro atoms. The monoisotopic (exact) mass is 251 g/mol. The molecule has 0 aliphatic carbocycles. The molecule has 1 unspecified atom stereocenters. The maximum absolute atomic E-state index is 4.34. The number of aromatic nitrogens is 2. The van der Waals surface area contributed by atoms with Gasteiger partial charge in [-0.3, -0.25) is 4.68 Å². The minimum Gasteiger partial charge on any atom is -0.309 e. The van der Waals surface area contributed by atoms with Crippen molar-refractivity contribution in [2.24, 2.45) is 0 Å². The second-order valence-corrected chi connectivity index (χ2v) is 3.94. The lowest BCUT2D eigenvalue weighted by atomic mass is 10.1. The van der Waals surface area contributed by atoms with E-state index in [0.29, 0.717) is 12.1 Å². The lowest BCUT2D eigenvalue weighted by Gasteiger charge is -2.15. The molecule has 1 N–H and O–H groups in total. The highest BCUT2D eigenvalue weighted by Crippen LogP contribution is 2.24. The zero-order chi connectivity index (χ0) is 9.26. The molecular formula is C10H19Cl2N3. The summed E-state index contributed by atoms with van der Waals surface area (Å²) in [4.78, 5) is 0. The van der Waals surface area contributed by atoms with E-state index in [1.54, 1.807) is 0 Å². The molecule has 1 fully saturated rings. The van der Waals surface area contributed by atoms with Crippen LogP contribution in [0.3, 0.4) is 0 Å². The summed E-state index contributed by atoms with van der Waals surface area (Å²) < 4.78 is 2.11. The average molecular weight is 252 g/mol. The molecule has 1 aliphatic heterocycles. The summed E-state index contributed by atoms with van der Waals surface area (Å²) in [5, 5.41) is 7.83. The fourth-order valence-electron chi connectivity index (χ4n) is 1.97. The van der Waals surface area contributed by atoms with E-state index in [1.807, 2.05) is 6.20 Å². The number of hydrogen-bond donors (Lipinski definition) is 1. The van der Waals surface area contributed by atoms with Gasteiger partial charge in [0.05, 0.1) is 5.69 Å². The zero-order valence-corrected chi connectivity index (χ0v) is 10.8. The van der Waals surface area contributed by atoms with Crippen molar-refractivity contribution in [2.45, 2.75) is 38.8 Å². The summed E-state index contributed by atoms with van der Waals surface area (Å²) in [6.45, 7) is 5.49. The van der Waals surface area contributed by atoms with E-state index in [1.165, 1.54) is 18.5 Å². The molecule has 1 saturated heterocycles. The molecule has 0 bridgehead atoms. The Hall–Kier alpha value is -0.250. The Bertz CT molecular complexity index is 280. The normalized spacial score (nSPS) is 19.8. The summed E-state index contributed by atoms with van der Waals surface area (Å²) in [5.74, 6) is 0. The van der Waals surface area contributed by atoms with E-state index in [2.05, 4.69) is 35.0 Å². The third-order valence-electron chi connectivity index (χ3n) is 2.61. The third-order valence-corrected chi connectivity index (χ3v) is 2.61. The molecule has 0 amide bonds. The first-order valence-corrected chi connectivity index (χ1v) is 5.06. The highest BCUT2D eigenvalue weighted by molar-refractivity contribution is 5.85. The van der Waals surface area contributed by atoms with Gasteiger partial charge in [0.1, 0.15) is 0 Å². The van der Waals surface area contributed by atoms with Crippen molar-refractivity contribution >= 4 is 24.8 Å². The second kappa shape index (κ2) is 6.36.